The molecule has 0 atom stereocenters. The zero-order chi connectivity index (χ0) is 19.4. The summed E-state index contributed by atoms with van der Waals surface area (Å²) in [7, 11) is 0. The number of pyridine rings is 1. The number of rotatable bonds is 3. The molecular weight excluding hydrogens is 387 g/mol. The van der Waals surface area contributed by atoms with E-state index < -0.39 is 11.8 Å². The second-order valence-electron chi connectivity index (χ2n) is 5.70. The molecule has 6 nitrogen and oxygen atoms in total. The molecule has 2 amide bonds. The van der Waals surface area contributed by atoms with E-state index in [2.05, 4.69) is 20.8 Å². The summed E-state index contributed by atoms with van der Waals surface area (Å²) in [6.45, 7) is 1.97. The highest BCUT2D eigenvalue weighted by molar-refractivity contribution is 6.41. The third-order valence-electron chi connectivity index (χ3n) is 3.65. The molecule has 0 radical (unpaired) electrons. The minimum atomic E-state index is -0.938. The van der Waals surface area contributed by atoms with Crippen molar-refractivity contribution in [1.29, 1.82) is 0 Å². The number of hydrazone groups is 1. The van der Waals surface area contributed by atoms with E-state index in [9.17, 15) is 9.59 Å². The van der Waals surface area contributed by atoms with Crippen molar-refractivity contribution in [2.45, 2.75) is 6.92 Å². The van der Waals surface area contributed by atoms with Gasteiger partial charge >= 0.3 is 11.8 Å². The summed E-state index contributed by atoms with van der Waals surface area (Å²) in [6.07, 6.45) is 1.33. The quantitative estimate of drug-likeness (QED) is 0.302. The van der Waals surface area contributed by atoms with Gasteiger partial charge in [-0.3, -0.25) is 9.59 Å². The van der Waals surface area contributed by atoms with E-state index >= 15 is 0 Å². The predicted octanol–water partition coefficient (Wildman–Crippen LogP) is 3.94. The predicted molar refractivity (Wildman–Crippen MR) is 107 cm³/mol. The van der Waals surface area contributed by atoms with Crippen LogP contribution in [0.25, 0.3) is 10.9 Å². The fraction of sp³-hybridized carbons (Fsp3) is 0.0526. The van der Waals surface area contributed by atoms with Gasteiger partial charge in [-0.05, 0) is 36.8 Å². The number of hydrogen-bond donors (Lipinski definition) is 2. The van der Waals surface area contributed by atoms with Crippen molar-refractivity contribution < 1.29 is 9.59 Å². The Hall–Kier alpha value is -2.96. The first-order valence-electron chi connectivity index (χ1n) is 7.90. The first-order valence-corrected chi connectivity index (χ1v) is 8.65. The lowest BCUT2D eigenvalue weighted by Gasteiger charge is -2.05. The summed E-state index contributed by atoms with van der Waals surface area (Å²) in [5.41, 5.74) is 4.83. The molecule has 0 aliphatic rings. The number of hydrogen-bond acceptors (Lipinski definition) is 4. The molecule has 0 aliphatic carbocycles. The average Bonchev–Trinajstić information content (AvgIpc) is 2.64. The number of para-hydroxylation sites is 1. The Balaban J connectivity index is 1.68. The van der Waals surface area contributed by atoms with Gasteiger partial charge < -0.3 is 5.32 Å². The number of nitrogens with one attached hydrogen (secondary N) is 2. The molecule has 0 fully saturated rings. The largest absolute Gasteiger partial charge is 0.329 e. The van der Waals surface area contributed by atoms with E-state index in [-0.39, 0.29) is 5.15 Å². The number of anilines is 1. The normalized spacial score (nSPS) is 10.9. The van der Waals surface area contributed by atoms with Crippen LogP contribution in [-0.2, 0) is 9.59 Å². The minimum absolute atomic E-state index is 0.242. The topological polar surface area (TPSA) is 83.5 Å². The maximum absolute atomic E-state index is 11.9. The third-order valence-corrected chi connectivity index (χ3v) is 4.28. The molecule has 0 spiro atoms. The van der Waals surface area contributed by atoms with Crippen LogP contribution in [0.4, 0.5) is 5.69 Å². The fourth-order valence-electron chi connectivity index (χ4n) is 2.31. The number of halogens is 2. The van der Waals surface area contributed by atoms with Gasteiger partial charge in [0.2, 0.25) is 0 Å². The highest BCUT2D eigenvalue weighted by Gasteiger charge is 2.14. The molecule has 0 bridgehead atoms. The van der Waals surface area contributed by atoms with E-state index in [1.165, 1.54) is 6.21 Å². The molecule has 0 saturated carbocycles. The molecule has 0 saturated heterocycles. The molecule has 0 aliphatic heterocycles. The lowest BCUT2D eigenvalue weighted by molar-refractivity contribution is -0.136. The molecule has 27 heavy (non-hydrogen) atoms. The van der Waals surface area contributed by atoms with Gasteiger partial charge in [0, 0.05) is 10.9 Å². The highest BCUT2D eigenvalue weighted by Crippen LogP contribution is 2.21. The number of nitrogens with zero attached hydrogens (tertiary/aromatic N) is 2. The minimum Gasteiger partial charge on any atom is -0.316 e. The van der Waals surface area contributed by atoms with Crippen molar-refractivity contribution in [3.63, 3.8) is 0 Å². The Kier molecular flexibility index (Phi) is 5.69. The molecule has 2 aromatic carbocycles. The molecule has 136 valence electrons. The lowest BCUT2D eigenvalue weighted by atomic mass is 10.1. The molecule has 8 heteroatoms. The van der Waals surface area contributed by atoms with Crippen LogP contribution in [0.5, 0.6) is 0 Å². The van der Waals surface area contributed by atoms with Gasteiger partial charge in [-0.1, -0.05) is 47.5 Å². The van der Waals surface area contributed by atoms with Gasteiger partial charge in [0.15, 0.2) is 0 Å². The van der Waals surface area contributed by atoms with Gasteiger partial charge in [-0.15, -0.1) is 0 Å². The number of aromatic nitrogens is 1. The van der Waals surface area contributed by atoms with E-state index in [0.717, 1.165) is 16.5 Å². The Bertz CT molecular complexity index is 1070. The van der Waals surface area contributed by atoms with Gasteiger partial charge in [-0.25, -0.2) is 10.4 Å². The molecule has 0 unspecified atom stereocenters. The monoisotopic (exact) mass is 400 g/mol. The summed E-state index contributed by atoms with van der Waals surface area (Å²) in [5.74, 6) is -1.83. The first-order chi connectivity index (χ1) is 12.9. The van der Waals surface area contributed by atoms with Crippen LogP contribution in [0, 0.1) is 6.92 Å². The number of benzene rings is 2. The van der Waals surface area contributed by atoms with Crippen LogP contribution >= 0.6 is 23.2 Å². The van der Waals surface area contributed by atoms with E-state index in [0.29, 0.717) is 16.3 Å². The van der Waals surface area contributed by atoms with Crippen molar-refractivity contribution in [2.24, 2.45) is 5.10 Å². The van der Waals surface area contributed by atoms with E-state index in [1.807, 2.05) is 25.1 Å². The Labute approximate surface area is 165 Å². The number of carbonyl (C=O) groups excluding carboxylic acids is 2. The van der Waals surface area contributed by atoms with Crippen molar-refractivity contribution in [2.75, 3.05) is 5.32 Å². The summed E-state index contributed by atoms with van der Waals surface area (Å²) in [6, 6.07) is 14.2. The maximum Gasteiger partial charge on any atom is 0.329 e. The summed E-state index contributed by atoms with van der Waals surface area (Å²) >= 11 is 12.1. The Morgan fingerprint density at radius 2 is 1.85 bits per heavy atom. The molecular formula is C19H14Cl2N4O2. The lowest BCUT2D eigenvalue weighted by Crippen LogP contribution is -2.32. The van der Waals surface area contributed by atoms with Crippen LogP contribution in [0.2, 0.25) is 10.2 Å². The van der Waals surface area contributed by atoms with Crippen molar-refractivity contribution in [1.82, 2.24) is 10.4 Å². The zero-order valence-corrected chi connectivity index (χ0v) is 15.7. The van der Waals surface area contributed by atoms with Gasteiger partial charge in [0.1, 0.15) is 5.15 Å². The molecule has 1 heterocycles. The third kappa shape index (κ3) is 4.61. The Morgan fingerprint density at radius 1 is 1.07 bits per heavy atom. The van der Waals surface area contributed by atoms with Crippen molar-refractivity contribution in [3.8, 4) is 0 Å². The number of amides is 2. The maximum atomic E-state index is 11.9. The smallest absolute Gasteiger partial charge is 0.316 e. The number of fused-ring (bicyclic) bond motifs is 1. The number of aryl methyl sites for hydroxylation is 1. The molecule has 3 rings (SSSR count). The summed E-state index contributed by atoms with van der Waals surface area (Å²) in [4.78, 5) is 28.0. The standard InChI is InChI=1S/C19H14Cl2N4O2/c1-11-6-7-12-9-13(17(21)23-16(12)8-11)10-22-25-19(27)18(26)24-15-5-3-2-4-14(15)20/h2-10H,1H3,(H,24,26)(H,25,27)/b22-10+. The van der Waals surface area contributed by atoms with Crippen molar-refractivity contribution in [3.05, 3.63) is 69.8 Å². The Morgan fingerprint density at radius 3 is 2.63 bits per heavy atom. The van der Waals surface area contributed by atoms with Gasteiger partial charge in [0.25, 0.3) is 0 Å². The van der Waals surface area contributed by atoms with Crippen LogP contribution in [-0.4, -0.2) is 23.0 Å². The second kappa shape index (κ2) is 8.16. The van der Waals surface area contributed by atoms with Gasteiger partial charge in [0.05, 0.1) is 22.4 Å². The zero-order valence-electron chi connectivity index (χ0n) is 14.2. The van der Waals surface area contributed by atoms with Crippen LogP contribution in [0.1, 0.15) is 11.1 Å². The summed E-state index contributed by atoms with van der Waals surface area (Å²) in [5, 5.41) is 7.62. The van der Waals surface area contributed by atoms with E-state index in [4.69, 9.17) is 23.2 Å². The summed E-state index contributed by atoms with van der Waals surface area (Å²) < 4.78 is 0. The fourth-order valence-corrected chi connectivity index (χ4v) is 2.69. The SMILES string of the molecule is Cc1ccc2cc(/C=N/NC(=O)C(=O)Nc3ccccc3Cl)c(Cl)nc2c1. The number of carbonyl (C=O) groups is 2. The van der Waals surface area contributed by atoms with E-state index in [1.54, 1.807) is 30.3 Å². The second-order valence-corrected chi connectivity index (χ2v) is 6.46. The molecule has 1 aromatic heterocycles. The van der Waals surface area contributed by atoms with Crippen molar-refractivity contribution >= 4 is 57.8 Å². The first kappa shape index (κ1) is 18.8. The average molecular weight is 401 g/mol. The molecule has 3 aromatic rings. The van der Waals surface area contributed by atoms with Crippen LogP contribution < -0.4 is 10.7 Å². The highest BCUT2D eigenvalue weighted by atomic mass is 35.5. The van der Waals surface area contributed by atoms with Crippen LogP contribution in [0.15, 0.2) is 53.6 Å². The van der Waals surface area contributed by atoms with Gasteiger partial charge in [-0.2, -0.15) is 5.10 Å². The van der Waals surface area contributed by atoms with Crippen LogP contribution in [0.3, 0.4) is 0 Å². The molecule has 2 N–H and O–H groups in total.